The first kappa shape index (κ1) is 24.9. The lowest BCUT2D eigenvalue weighted by molar-refractivity contribution is 0.114. The van der Waals surface area contributed by atoms with Crippen LogP contribution in [0.1, 0.15) is 126 Å². The van der Waals surface area contributed by atoms with Crippen LogP contribution in [0.4, 0.5) is 8.78 Å². The summed E-state index contributed by atoms with van der Waals surface area (Å²) >= 11 is 0. The molecule has 2 fully saturated rings. The first-order valence-corrected chi connectivity index (χ1v) is 14.2. The number of hydrogen-bond donors (Lipinski definition) is 0. The third kappa shape index (κ3) is 6.09. The molecule has 2 heteroatoms. The quantitative estimate of drug-likeness (QED) is 0.256. The summed E-state index contributed by atoms with van der Waals surface area (Å²) in [6.45, 7) is 4.34. The van der Waals surface area contributed by atoms with Crippen molar-refractivity contribution >= 4 is 0 Å². The average Bonchev–Trinajstić information content (AvgIpc) is 2.84. The number of unbranched alkanes of at least 4 members (excludes halogenated alkanes) is 3. The maximum atomic E-state index is 15.3. The summed E-state index contributed by atoms with van der Waals surface area (Å²) in [4.78, 5) is 0. The molecule has 33 heavy (non-hydrogen) atoms. The molecule has 5 atom stereocenters. The lowest BCUT2D eigenvalue weighted by Gasteiger charge is -2.42. The Labute approximate surface area is 201 Å². The van der Waals surface area contributed by atoms with Gasteiger partial charge in [-0.15, -0.1) is 0 Å². The molecular formula is C31H46F2. The zero-order valence-electron chi connectivity index (χ0n) is 21.2. The maximum absolute atomic E-state index is 15.3. The van der Waals surface area contributed by atoms with E-state index in [4.69, 9.17) is 0 Å². The molecule has 0 amide bonds. The molecule has 0 heterocycles. The Morgan fingerprint density at radius 1 is 0.879 bits per heavy atom. The van der Waals surface area contributed by atoms with E-state index in [2.05, 4.69) is 32.1 Å². The summed E-state index contributed by atoms with van der Waals surface area (Å²) in [7, 11) is 0. The minimum absolute atomic E-state index is 0.220. The first-order chi connectivity index (χ1) is 16.1. The monoisotopic (exact) mass is 456 g/mol. The van der Waals surface area contributed by atoms with E-state index in [1.807, 2.05) is 0 Å². The van der Waals surface area contributed by atoms with Crippen molar-refractivity contribution in [2.75, 3.05) is 0 Å². The molecule has 3 aliphatic rings. The Hall–Kier alpha value is -1.18. The van der Waals surface area contributed by atoms with Crippen LogP contribution in [0.2, 0.25) is 0 Å². The van der Waals surface area contributed by atoms with Crippen LogP contribution in [0, 0.1) is 35.3 Å². The van der Waals surface area contributed by atoms with Gasteiger partial charge in [-0.2, -0.15) is 0 Å². The van der Waals surface area contributed by atoms with Crippen LogP contribution in [0.25, 0.3) is 0 Å². The van der Waals surface area contributed by atoms with Gasteiger partial charge < -0.3 is 0 Å². The Morgan fingerprint density at radius 3 is 2.52 bits per heavy atom. The average molecular weight is 457 g/mol. The van der Waals surface area contributed by atoms with E-state index in [-0.39, 0.29) is 5.92 Å². The lowest BCUT2D eigenvalue weighted by atomic mass is 9.63. The van der Waals surface area contributed by atoms with Gasteiger partial charge >= 0.3 is 0 Å². The normalized spacial score (nSPS) is 29.8. The zero-order valence-corrected chi connectivity index (χ0v) is 21.2. The molecule has 0 N–H and O–H groups in total. The van der Waals surface area contributed by atoms with Gasteiger partial charge in [0.05, 0.1) is 0 Å². The third-order valence-electron chi connectivity index (χ3n) is 9.35. The summed E-state index contributed by atoms with van der Waals surface area (Å²) in [6, 6.07) is 2.09. The predicted molar refractivity (Wildman–Crippen MR) is 136 cm³/mol. The van der Waals surface area contributed by atoms with E-state index < -0.39 is 11.6 Å². The van der Waals surface area contributed by atoms with Crippen LogP contribution in [0.5, 0.6) is 0 Å². The molecule has 1 aromatic carbocycles. The van der Waals surface area contributed by atoms with E-state index >= 15 is 8.78 Å². The van der Waals surface area contributed by atoms with Gasteiger partial charge in [0.2, 0.25) is 0 Å². The molecule has 0 nitrogen and oxygen atoms in total. The summed E-state index contributed by atoms with van der Waals surface area (Å²) in [5.74, 6) is 2.13. The topological polar surface area (TPSA) is 0 Å². The molecule has 0 aliphatic heterocycles. The van der Waals surface area contributed by atoms with Crippen molar-refractivity contribution in [3.05, 3.63) is 46.5 Å². The number of benzene rings is 1. The van der Waals surface area contributed by atoms with E-state index in [0.29, 0.717) is 23.0 Å². The fourth-order valence-corrected chi connectivity index (χ4v) is 7.37. The molecule has 0 saturated heterocycles. The van der Waals surface area contributed by atoms with E-state index in [1.54, 1.807) is 0 Å². The molecule has 0 radical (unpaired) electrons. The van der Waals surface area contributed by atoms with Crippen LogP contribution in [0.3, 0.4) is 0 Å². The Kier molecular flexibility index (Phi) is 9.05. The zero-order chi connectivity index (χ0) is 23.2. The third-order valence-corrected chi connectivity index (χ3v) is 9.35. The highest BCUT2D eigenvalue weighted by Crippen LogP contribution is 2.49. The van der Waals surface area contributed by atoms with Crippen LogP contribution in [0.15, 0.2) is 18.2 Å². The highest BCUT2D eigenvalue weighted by molar-refractivity contribution is 5.38. The molecule has 0 bridgehead atoms. The smallest absolute Gasteiger partial charge is 0.162 e. The Bertz CT molecular complexity index is 795. The highest BCUT2D eigenvalue weighted by atomic mass is 19.2. The lowest BCUT2D eigenvalue weighted by Crippen LogP contribution is -2.31. The van der Waals surface area contributed by atoms with Crippen molar-refractivity contribution < 1.29 is 8.78 Å². The molecule has 2 saturated carbocycles. The molecule has 0 spiro atoms. The number of rotatable bonds is 9. The van der Waals surface area contributed by atoms with Crippen molar-refractivity contribution in [2.24, 2.45) is 23.7 Å². The minimum atomic E-state index is -0.510. The molecule has 5 unspecified atom stereocenters. The molecular weight excluding hydrogens is 410 g/mol. The van der Waals surface area contributed by atoms with Gasteiger partial charge in [0.15, 0.2) is 11.6 Å². The number of allylic oxidation sites excluding steroid dienone is 2. The predicted octanol–water partition coefficient (Wildman–Crippen LogP) is 9.70. The van der Waals surface area contributed by atoms with Gasteiger partial charge in [-0.3, -0.25) is 0 Å². The molecule has 0 aromatic heterocycles. The summed E-state index contributed by atoms with van der Waals surface area (Å²) in [6.07, 6.45) is 23.3. The second-order valence-corrected chi connectivity index (χ2v) is 11.5. The molecule has 1 aromatic rings. The Balaban J connectivity index is 1.37. The number of halogens is 2. The van der Waals surface area contributed by atoms with Gasteiger partial charge in [-0.25, -0.2) is 8.78 Å². The van der Waals surface area contributed by atoms with Gasteiger partial charge in [0, 0.05) is 0 Å². The summed E-state index contributed by atoms with van der Waals surface area (Å²) in [5, 5.41) is 0. The molecule has 184 valence electrons. The summed E-state index contributed by atoms with van der Waals surface area (Å²) < 4.78 is 30.6. The van der Waals surface area contributed by atoms with Crippen molar-refractivity contribution in [1.29, 1.82) is 0 Å². The Morgan fingerprint density at radius 2 is 1.70 bits per heavy atom. The largest absolute Gasteiger partial charge is 0.203 e. The van der Waals surface area contributed by atoms with E-state index in [1.165, 1.54) is 70.6 Å². The second-order valence-electron chi connectivity index (χ2n) is 11.5. The van der Waals surface area contributed by atoms with E-state index in [0.717, 1.165) is 49.5 Å². The molecule has 4 rings (SSSR count). The van der Waals surface area contributed by atoms with Crippen LogP contribution in [-0.2, 0) is 12.8 Å². The van der Waals surface area contributed by atoms with Crippen LogP contribution >= 0.6 is 0 Å². The highest BCUT2D eigenvalue weighted by Gasteiger charge is 2.37. The number of fused-ring (bicyclic) bond motifs is 2. The van der Waals surface area contributed by atoms with Crippen molar-refractivity contribution in [3.8, 4) is 0 Å². The van der Waals surface area contributed by atoms with Crippen molar-refractivity contribution in [1.82, 2.24) is 0 Å². The second kappa shape index (κ2) is 12.0. The van der Waals surface area contributed by atoms with Gasteiger partial charge in [-0.05, 0) is 117 Å². The fourth-order valence-electron chi connectivity index (χ4n) is 7.37. The number of hydrogen-bond acceptors (Lipinski definition) is 0. The SMILES string of the molecule is C/C=C/CCC1CCC2CC(c3cc4c(c(F)c3F)CC(CCCCCC)CC4)CCC2C1. The standard InChI is InChI=1S/C31H46F2/c1-3-5-7-9-11-23-13-15-27-21-29(31(33)30(32)28(27)19-23)26-17-16-24-18-22(10-8-6-4-2)12-14-25(24)20-26/h4,6,21-26H,3,5,7-20H2,1-2H3/b6-4+. The maximum Gasteiger partial charge on any atom is 0.162 e. The first-order valence-electron chi connectivity index (χ1n) is 14.2. The van der Waals surface area contributed by atoms with Crippen molar-refractivity contribution in [2.45, 2.75) is 122 Å². The van der Waals surface area contributed by atoms with E-state index in [9.17, 15) is 0 Å². The van der Waals surface area contributed by atoms with Crippen LogP contribution in [-0.4, -0.2) is 0 Å². The van der Waals surface area contributed by atoms with Crippen molar-refractivity contribution in [3.63, 3.8) is 0 Å². The van der Waals surface area contributed by atoms with Gasteiger partial charge in [0.1, 0.15) is 0 Å². The fraction of sp³-hybridized carbons (Fsp3) is 0.742. The minimum Gasteiger partial charge on any atom is -0.203 e. The van der Waals surface area contributed by atoms with Crippen LogP contribution < -0.4 is 0 Å². The van der Waals surface area contributed by atoms with Gasteiger partial charge in [-0.1, -0.05) is 63.7 Å². The van der Waals surface area contributed by atoms with Gasteiger partial charge in [0.25, 0.3) is 0 Å². The summed E-state index contributed by atoms with van der Waals surface area (Å²) in [5.41, 5.74) is 2.53. The molecule has 3 aliphatic carbocycles. The number of aryl methyl sites for hydroxylation is 1.